The minimum Gasteiger partial charge on any atom is -0.504 e. The number of rotatable bonds is 6. The standard InChI is InChI=1S/C30H31N3O9/c1-14(34)31-9-8-17-4-7-25-26(10-17)42-30(33-16(3)36)28(32-15(2)35)27(18-5-6-21(37)22(38)11-18)19-12-23(39)24(40)13-20(19)29(30)41-25/h4-7,10-13,27-29,37-40H,8-9H2,1-3H3,(H,31,34)(H,32,35)(H,33,36)/t27-,28+,29-,30+/m1/s1. The average molecular weight is 578 g/mol. The van der Waals surface area contributed by atoms with Gasteiger partial charge in [0.15, 0.2) is 40.6 Å². The van der Waals surface area contributed by atoms with Crippen molar-refractivity contribution in [2.24, 2.45) is 0 Å². The molecule has 3 aromatic carbocycles. The van der Waals surface area contributed by atoms with E-state index in [1.54, 1.807) is 18.2 Å². The van der Waals surface area contributed by atoms with Crippen LogP contribution in [-0.2, 0) is 20.8 Å². The molecule has 1 aliphatic carbocycles. The third kappa shape index (κ3) is 5.06. The van der Waals surface area contributed by atoms with Crippen LogP contribution in [0.5, 0.6) is 34.5 Å². The fourth-order valence-corrected chi connectivity index (χ4v) is 5.73. The molecule has 12 nitrogen and oxygen atoms in total. The number of phenolic OH excluding ortho intramolecular Hbond substituents is 4. The van der Waals surface area contributed by atoms with Crippen molar-refractivity contribution < 1.29 is 44.3 Å². The molecule has 0 saturated carbocycles. The molecule has 7 N–H and O–H groups in total. The Morgan fingerprint density at radius 1 is 0.786 bits per heavy atom. The maximum absolute atomic E-state index is 12.8. The number of aromatic hydroxyl groups is 4. The zero-order valence-electron chi connectivity index (χ0n) is 23.1. The molecule has 12 heteroatoms. The van der Waals surface area contributed by atoms with Gasteiger partial charge in [-0.05, 0) is 59.5 Å². The molecule has 1 heterocycles. The average Bonchev–Trinajstić information content (AvgIpc) is 2.90. The Balaban J connectivity index is 1.74. The van der Waals surface area contributed by atoms with Crippen LogP contribution in [0.4, 0.5) is 0 Å². The van der Waals surface area contributed by atoms with E-state index in [0.29, 0.717) is 35.4 Å². The van der Waals surface area contributed by atoms with E-state index < -0.39 is 52.9 Å². The fraction of sp³-hybridized carbons (Fsp3) is 0.300. The molecule has 4 atom stereocenters. The number of carbonyl (C=O) groups is 3. The van der Waals surface area contributed by atoms with Crippen LogP contribution in [0.1, 0.15) is 55.0 Å². The van der Waals surface area contributed by atoms with E-state index in [9.17, 15) is 34.8 Å². The summed E-state index contributed by atoms with van der Waals surface area (Å²) in [5, 5.41) is 49.9. The largest absolute Gasteiger partial charge is 0.504 e. The molecule has 0 radical (unpaired) electrons. The molecule has 0 spiro atoms. The molecule has 3 aromatic rings. The summed E-state index contributed by atoms with van der Waals surface area (Å²) in [5.41, 5.74) is 0.169. The first kappa shape index (κ1) is 28.4. The predicted molar refractivity (Wildman–Crippen MR) is 148 cm³/mol. The predicted octanol–water partition coefficient (Wildman–Crippen LogP) is 2.18. The first-order valence-electron chi connectivity index (χ1n) is 13.3. The summed E-state index contributed by atoms with van der Waals surface area (Å²) >= 11 is 0. The van der Waals surface area contributed by atoms with Gasteiger partial charge in [-0.3, -0.25) is 14.4 Å². The smallest absolute Gasteiger partial charge is 0.245 e. The van der Waals surface area contributed by atoms with Crippen molar-refractivity contribution in [2.45, 2.75) is 51.0 Å². The third-order valence-electron chi connectivity index (χ3n) is 7.39. The molecule has 220 valence electrons. The molecule has 1 aliphatic heterocycles. The van der Waals surface area contributed by atoms with Gasteiger partial charge in [0, 0.05) is 38.8 Å². The van der Waals surface area contributed by atoms with Crippen LogP contribution in [-0.4, -0.2) is 56.5 Å². The summed E-state index contributed by atoms with van der Waals surface area (Å²) in [6.07, 6.45) is -0.646. The van der Waals surface area contributed by atoms with Gasteiger partial charge < -0.3 is 45.9 Å². The first-order chi connectivity index (χ1) is 19.9. The van der Waals surface area contributed by atoms with Crippen molar-refractivity contribution >= 4 is 17.7 Å². The van der Waals surface area contributed by atoms with Crippen molar-refractivity contribution in [2.75, 3.05) is 6.54 Å². The second-order valence-electron chi connectivity index (χ2n) is 10.5. The van der Waals surface area contributed by atoms with Gasteiger partial charge in [0.2, 0.25) is 23.4 Å². The molecule has 0 fully saturated rings. The van der Waals surface area contributed by atoms with Gasteiger partial charge in [-0.2, -0.15) is 0 Å². The number of amides is 3. The molecule has 0 saturated heterocycles. The lowest BCUT2D eigenvalue weighted by Gasteiger charge is -2.54. The molecule has 2 aliphatic rings. The van der Waals surface area contributed by atoms with Crippen LogP contribution >= 0.6 is 0 Å². The molecule has 0 unspecified atom stereocenters. The van der Waals surface area contributed by atoms with E-state index in [-0.39, 0.29) is 17.4 Å². The lowest BCUT2D eigenvalue weighted by atomic mass is 9.68. The van der Waals surface area contributed by atoms with E-state index in [1.165, 1.54) is 51.1 Å². The second kappa shape index (κ2) is 10.7. The fourth-order valence-electron chi connectivity index (χ4n) is 5.73. The highest BCUT2D eigenvalue weighted by atomic mass is 16.6. The molecule has 5 rings (SSSR count). The highest BCUT2D eigenvalue weighted by Crippen LogP contribution is 2.55. The summed E-state index contributed by atoms with van der Waals surface area (Å²) in [6.45, 7) is 4.38. The summed E-state index contributed by atoms with van der Waals surface area (Å²) in [7, 11) is 0. The topological polar surface area (TPSA) is 187 Å². The van der Waals surface area contributed by atoms with Gasteiger partial charge in [-0.25, -0.2) is 0 Å². The Hall–Kier alpha value is -5.13. The van der Waals surface area contributed by atoms with Gasteiger partial charge in [-0.15, -0.1) is 0 Å². The summed E-state index contributed by atoms with van der Waals surface area (Å²) < 4.78 is 13.1. The third-order valence-corrected chi connectivity index (χ3v) is 7.39. The molecule has 0 bridgehead atoms. The Morgan fingerprint density at radius 2 is 1.48 bits per heavy atom. The first-order valence-corrected chi connectivity index (χ1v) is 13.3. The quantitative estimate of drug-likeness (QED) is 0.216. The number of ether oxygens (including phenoxy) is 2. The van der Waals surface area contributed by atoms with Crippen molar-refractivity contribution in [3.05, 3.63) is 70.8 Å². The van der Waals surface area contributed by atoms with E-state index in [0.717, 1.165) is 5.56 Å². The highest BCUT2D eigenvalue weighted by molar-refractivity contribution is 5.77. The summed E-state index contributed by atoms with van der Waals surface area (Å²) in [5.74, 6) is -3.13. The zero-order valence-corrected chi connectivity index (χ0v) is 23.1. The van der Waals surface area contributed by atoms with Gasteiger partial charge in [-0.1, -0.05) is 12.1 Å². The van der Waals surface area contributed by atoms with Crippen molar-refractivity contribution in [1.82, 2.24) is 16.0 Å². The van der Waals surface area contributed by atoms with Crippen molar-refractivity contribution in [3.8, 4) is 34.5 Å². The molecular formula is C30H31N3O9. The van der Waals surface area contributed by atoms with E-state index >= 15 is 0 Å². The Kier molecular flexibility index (Phi) is 7.23. The number of hydrogen-bond donors (Lipinski definition) is 7. The van der Waals surface area contributed by atoms with Crippen molar-refractivity contribution in [1.29, 1.82) is 0 Å². The van der Waals surface area contributed by atoms with Gasteiger partial charge in [0.1, 0.15) is 6.04 Å². The van der Waals surface area contributed by atoms with Crippen LogP contribution in [0.25, 0.3) is 0 Å². The maximum Gasteiger partial charge on any atom is 0.245 e. The number of fused-ring (bicyclic) bond motifs is 4. The van der Waals surface area contributed by atoms with E-state index in [2.05, 4.69) is 16.0 Å². The van der Waals surface area contributed by atoms with Gasteiger partial charge >= 0.3 is 0 Å². The van der Waals surface area contributed by atoms with Crippen LogP contribution in [0.15, 0.2) is 48.5 Å². The minimum absolute atomic E-state index is 0.167. The molecule has 3 amide bonds. The van der Waals surface area contributed by atoms with Crippen LogP contribution in [0.2, 0.25) is 0 Å². The number of hydrogen-bond acceptors (Lipinski definition) is 9. The highest BCUT2D eigenvalue weighted by Gasteiger charge is 2.61. The molecule has 42 heavy (non-hydrogen) atoms. The maximum atomic E-state index is 12.8. The lowest BCUT2D eigenvalue weighted by molar-refractivity contribution is -0.152. The Bertz CT molecular complexity index is 1590. The van der Waals surface area contributed by atoms with Crippen LogP contribution in [0, 0.1) is 0 Å². The van der Waals surface area contributed by atoms with Gasteiger partial charge in [0.25, 0.3) is 0 Å². The number of carbonyl (C=O) groups excluding carboxylic acids is 3. The molecular weight excluding hydrogens is 546 g/mol. The zero-order chi connectivity index (χ0) is 30.3. The van der Waals surface area contributed by atoms with Gasteiger partial charge in [0.05, 0.1) is 0 Å². The monoisotopic (exact) mass is 577 g/mol. The lowest BCUT2D eigenvalue weighted by Crippen LogP contribution is -2.73. The number of benzene rings is 3. The van der Waals surface area contributed by atoms with Crippen LogP contribution in [0.3, 0.4) is 0 Å². The van der Waals surface area contributed by atoms with Crippen molar-refractivity contribution in [3.63, 3.8) is 0 Å². The second-order valence-corrected chi connectivity index (χ2v) is 10.5. The minimum atomic E-state index is -1.80. The SMILES string of the molecule is CC(=O)NCCc1ccc2c(c1)O[C@]1(NC(C)=O)[C@H](O2)c2cc(O)c(O)cc2[C@@H](c2ccc(O)c(O)c2)[C@@H]1NC(C)=O. The Labute approximate surface area is 240 Å². The van der Waals surface area contributed by atoms with Crippen LogP contribution < -0.4 is 25.4 Å². The molecule has 0 aromatic heterocycles. The summed E-state index contributed by atoms with van der Waals surface area (Å²) in [6, 6.07) is 10.9. The number of nitrogens with one attached hydrogen (secondary N) is 3. The van der Waals surface area contributed by atoms with E-state index in [1.807, 2.05) is 0 Å². The van der Waals surface area contributed by atoms with E-state index in [4.69, 9.17) is 9.47 Å². The normalized spacial score (nSPS) is 21.8. The summed E-state index contributed by atoms with van der Waals surface area (Å²) in [4.78, 5) is 36.8. The number of phenols is 4. The Morgan fingerprint density at radius 3 is 2.12 bits per heavy atom.